The second kappa shape index (κ2) is 8.31. The van der Waals surface area contributed by atoms with Crippen molar-refractivity contribution in [2.75, 3.05) is 5.32 Å². The molecule has 0 saturated heterocycles. The monoisotopic (exact) mass is 419 g/mol. The Hall–Kier alpha value is -4.52. The summed E-state index contributed by atoms with van der Waals surface area (Å²) in [5, 5.41) is 11.8. The lowest BCUT2D eigenvalue weighted by molar-refractivity contribution is 1.09. The third-order valence-corrected chi connectivity index (χ3v) is 5.26. The fraction of sp³-hybridized carbons (Fsp3) is 0.0400. The van der Waals surface area contributed by atoms with Gasteiger partial charge in [0.2, 0.25) is 0 Å². The lowest BCUT2D eigenvalue weighted by atomic mass is 10.0. The van der Waals surface area contributed by atoms with Crippen LogP contribution in [-0.4, -0.2) is 31.9 Å². The topological polar surface area (TPSA) is 94.6 Å². The molecule has 0 radical (unpaired) electrons. The zero-order chi connectivity index (χ0) is 21.9. The molecule has 0 aliphatic carbocycles. The smallest absolute Gasteiger partial charge is 0.181 e. The quantitative estimate of drug-likeness (QED) is 0.301. The normalized spacial score (nSPS) is 13.7. The largest absolute Gasteiger partial charge is 0.348 e. The molecule has 1 aliphatic rings. The van der Waals surface area contributed by atoms with Gasteiger partial charge in [-0.05, 0) is 43.5 Å². The van der Waals surface area contributed by atoms with Gasteiger partial charge in [0.25, 0.3) is 0 Å². The van der Waals surface area contributed by atoms with Gasteiger partial charge in [-0.25, -0.2) is 4.98 Å². The van der Waals surface area contributed by atoms with Gasteiger partial charge in [0.1, 0.15) is 5.82 Å². The van der Waals surface area contributed by atoms with Gasteiger partial charge in [0.15, 0.2) is 5.65 Å². The molecular weight excluding hydrogens is 398 g/mol. The fourth-order valence-corrected chi connectivity index (χ4v) is 3.81. The van der Waals surface area contributed by atoms with E-state index in [0.29, 0.717) is 5.65 Å². The van der Waals surface area contributed by atoms with Gasteiger partial charge >= 0.3 is 0 Å². The third-order valence-electron chi connectivity index (χ3n) is 5.26. The maximum Gasteiger partial charge on any atom is 0.181 e. The van der Waals surface area contributed by atoms with Gasteiger partial charge in [-0.3, -0.25) is 15.1 Å². The number of aromatic amines is 2. The molecule has 0 spiro atoms. The summed E-state index contributed by atoms with van der Waals surface area (Å²) in [7, 11) is 0. The number of anilines is 1. The van der Waals surface area contributed by atoms with Crippen molar-refractivity contribution in [2.24, 2.45) is 4.99 Å². The molecule has 156 valence electrons. The second-order valence-corrected chi connectivity index (χ2v) is 7.26. The second-order valence-electron chi connectivity index (χ2n) is 7.26. The highest BCUT2D eigenvalue weighted by Gasteiger charge is 2.19. The first kappa shape index (κ1) is 19.4. The van der Waals surface area contributed by atoms with Crippen LogP contribution in [0.15, 0.2) is 84.6 Å². The molecule has 0 atom stereocenters. The van der Waals surface area contributed by atoms with E-state index >= 15 is 0 Å². The number of aliphatic imine (C=N–C) groups is 1. The minimum absolute atomic E-state index is 0.649. The standard InChI is InChI=1S/C25H21N7/c1-3-6-16(13-26-2)18-11-21-23(31-32-25(21)29-15-18)22-12-20-19(17-7-4-9-27-14-17)8-5-10-28-24(20)30-22/h3-15,28,30H,2H2,1H3,(H,29,31,32)/b6-3-,16-13+. The summed E-state index contributed by atoms with van der Waals surface area (Å²) in [6.45, 7) is 5.54. The number of rotatable bonds is 5. The molecule has 0 saturated carbocycles. The van der Waals surface area contributed by atoms with E-state index in [0.717, 1.165) is 50.4 Å². The minimum atomic E-state index is 0.649. The maximum absolute atomic E-state index is 4.53. The predicted molar refractivity (Wildman–Crippen MR) is 130 cm³/mol. The Morgan fingerprint density at radius 3 is 2.97 bits per heavy atom. The van der Waals surface area contributed by atoms with Gasteiger partial charge < -0.3 is 10.3 Å². The number of fused-ring (bicyclic) bond motifs is 2. The van der Waals surface area contributed by atoms with Crippen molar-refractivity contribution in [1.29, 1.82) is 0 Å². The van der Waals surface area contributed by atoms with E-state index in [4.69, 9.17) is 0 Å². The lowest BCUT2D eigenvalue weighted by Gasteiger charge is -2.06. The van der Waals surface area contributed by atoms with Gasteiger partial charge in [0, 0.05) is 58.6 Å². The maximum atomic E-state index is 4.53. The SMILES string of the molecule is C=N/C=C(\C=C/C)c1cnc2n[nH]c(-c3cc4c([nH]3)NC=CC=C4c3cccnc3)c2c1. The molecule has 0 bridgehead atoms. The predicted octanol–water partition coefficient (Wildman–Crippen LogP) is 5.34. The van der Waals surface area contributed by atoms with Crippen molar-refractivity contribution in [2.45, 2.75) is 6.92 Å². The molecule has 0 unspecified atom stereocenters. The highest BCUT2D eigenvalue weighted by Crippen LogP contribution is 2.36. The van der Waals surface area contributed by atoms with Crippen LogP contribution in [0, 0.1) is 0 Å². The summed E-state index contributed by atoms with van der Waals surface area (Å²) in [6, 6.07) is 8.17. The van der Waals surface area contributed by atoms with Crippen LogP contribution >= 0.6 is 0 Å². The number of pyridine rings is 2. The average molecular weight is 419 g/mol. The van der Waals surface area contributed by atoms with E-state index in [2.05, 4.69) is 66.5 Å². The highest BCUT2D eigenvalue weighted by molar-refractivity contribution is 5.95. The summed E-state index contributed by atoms with van der Waals surface area (Å²) >= 11 is 0. The number of nitrogens with one attached hydrogen (secondary N) is 3. The van der Waals surface area contributed by atoms with Crippen molar-refractivity contribution < 1.29 is 0 Å². The first-order chi connectivity index (χ1) is 15.8. The average Bonchev–Trinajstić information content (AvgIpc) is 3.38. The van der Waals surface area contributed by atoms with Crippen LogP contribution in [0.4, 0.5) is 5.82 Å². The zero-order valence-electron chi connectivity index (χ0n) is 17.5. The Morgan fingerprint density at radius 1 is 1.22 bits per heavy atom. The van der Waals surface area contributed by atoms with Crippen LogP contribution in [0.2, 0.25) is 0 Å². The van der Waals surface area contributed by atoms with Gasteiger partial charge in [-0.15, -0.1) is 0 Å². The van der Waals surface area contributed by atoms with Crippen LogP contribution in [0.1, 0.15) is 23.6 Å². The molecule has 32 heavy (non-hydrogen) atoms. The van der Waals surface area contributed by atoms with Crippen LogP contribution in [0.5, 0.6) is 0 Å². The summed E-state index contributed by atoms with van der Waals surface area (Å²) in [4.78, 5) is 16.2. The van der Waals surface area contributed by atoms with Crippen LogP contribution in [0.3, 0.4) is 0 Å². The van der Waals surface area contributed by atoms with E-state index in [-0.39, 0.29) is 0 Å². The van der Waals surface area contributed by atoms with E-state index in [1.54, 1.807) is 18.6 Å². The molecule has 7 heteroatoms. The number of H-pyrrole nitrogens is 2. The number of nitrogens with zero attached hydrogens (tertiary/aromatic N) is 4. The highest BCUT2D eigenvalue weighted by atomic mass is 15.2. The molecule has 4 aromatic heterocycles. The Kier molecular flexibility index (Phi) is 5.05. The molecule has 5 rings (SSSR count). The Bertz CT molecular complexity index is 1420. The molecule has 0 aromatic carbocycles. The van der Waals surface area contributed by atoms with Crippen molar-refractivity contribution >= 4 is 34.7 Å². The molecular formula is C25H21N7. The number of aromatic nitrogens is 5. The zero-order valence-corrected chi connectivity index (χ0v) is 17.5. The summed E-state index contributed by atoms with van der Waals surface area (Å²) in [5.74, 6) is 0.904. The first-order valence-corrected chi connectivity index (χ1v) is 10.2. The van der Waals surface area contributed by atoms with Crippen molar-refractivity contribution in [3.8, 4) is 11.4 Å². The fourth-order valence-electron chi connectivity index (χ4n) is 3.81. The van der Waals surface area contributed by atoms with Crippen molar-refractivity contribution in [3.63, 3.8) is 0 Å². The summed E-state index contributed by atoms with van der Waals surface area (Å²) in [6.07, 6.45) is 17.1. The summed E-state index contributed by atoms with van der Waals surface area (Å²) < 4.78 is 0. The van der Waals surface area contributed by atoms with E-state index in [9.17, 15) is 0 Å². The molecule has 4 aromatic rings. The molecule has 3 N–H and O–H groups in total. The molecule has 0 amide bonds. The third kappa shape index (κ3) is 3.45. The van der Waals surface area contributed by atoms with Gasteiger partial charge in [-0.1, -0.05) is 24.3 Å². The van der Waals surface area contributed by atoms with Gasteiger partial charge in [-0.2, -0.15) is 5.10 Å². The van der Waals surface area contributed by atoms with E-state index < -0.39 is 0 Å². The number of allylic oxidation sites excluding steroid dienone is 5. The Morgan fingerprint density at radius 2 is 2.16 bits per heavy atom. The Labute approximate surface area is 185 Å². The van der Waals surface area contributed by atoms with E-state index in [1.165, 1.54) is 0 Å². The van der Waals surface area contributed by atoms with Gasteiger partial charge in [0.05, 0.1) is 11.4 Å². The van der Waals surface area contributed by atoms with Crippen molar-refractivity contribution in [1.82, 2.24) is 25.1 Å². The Balaban J connectivity index is 1.62. The minimum Gasteiger partial charge on any atom is -0.348 e. The van der Waals surface area contributed by atoms with E-state index in [1.807, 2.05) is 43.6 Å². The molecule has 0 fully saturated rings. The molecule has 7 nitrogen and oxygen atoms in total. The van der Waals surface area contributed by atoms with Crippen LogP contribution < -0.4 is 5.32 Å². The summed E-state index contributed by atoms with van der Waals surface area (Å²) in [5.41, 5.74) is 7.47. The molecule has 1 aliphatic heterocycles. The first-order valence-electron chi connectivity index (χ1n) is 10.2. The molecule has 5 heterocycles. The van der Waals surface area contributed by atoms with Crippen LogP contribution in [-0.2, 0) is 0 Å². The van der Waals surface area contributed by atoms with Crippen molar-refractivity contribution in [3.05, 3.63) is 96.3 Å². The number of hydrogen-bond acceptors (Lipinski definition) is 5. The van der Waals surface area contributed by atoms with Crippen LogP contribution in [0.25, 0.3) is 33.6 Å². The lowest BCUT2D eigenvalue weighted by Crippen LogP contribution is -1.91. The number of hydrogen-bond donors (Lipinski definition) is 3.